The van der Waals surface area contributed by atoms with Gasteiger partial charge in [0.05, 0.1) is 15.5 Å². The zero-order valence-electron chi connectivity index (χ0n) is 15.0. The number of sulfone groups is 1. The normalized spacial score (nSPS) is 11.9. The van der Waals surface area contributed by atoms with Crippen molar-refractivity contribution in [1.82, 2.24) is 4.98 Å². The average Bonchev–Trinajstić information content (AvgIpc) is 2.97. The standard InChI is InChI=1S/C19H20N2O3S2/c1-11(2)26(23,24)19-21-16-6-5-15(10-17(16)25-19)20-18(22)14-8-12(3)7-13(4)9-14/h5-11H,1-4H3,(H,20,22). The van der Waals surface area contributed by atoms with Crippen LogP contribution in [0.2, 0.25) is 0 Å². The zero-order valence-corrected chi connectivity index (χ0v) is 16.7. The molecule has 5 nitrogen and oxygen atoms in total. The van der Waals surface area contributed by atoms with Crippen LogP contribution in [0.1, 0.15) is 35.3 Å². The van der Waals surface area contributed by atoms with Crippen molar-refractivity contribution in [2.24, 2.45) is 0 Å². The minimum Gasteiger partial charge on any atom is -0.322 e. The Balaban J connectivity index is 1.91. The molecule has 1 amide bonds. The molecule has 0 saturated carbocycles. The second-order valence-electron chi connectivity index (χ2n) is 6.59. The number of anilines is 1. The van der Waals surface area contributed by atoms with Gasteiger partial charge in [-0.05, 0) is 58.0 Å². The van der Waals surface area contributed by atoms with Crippen LogP contribution in [0.3, 0.4) is 0 Å². The van der Waals surface area contributed by atoms with Crippen LogP contribution in [0.4, 0.5) is 5.69 Å². The molecule has 0 fully saturated rings. The monoisotopic (exact) mass is 388 g/mol. The number of benzene rings is 2. The van der Waals surface area contributed by atoms with Crippen molar-refractivity contribution in [1.29, 1.82) is 0 Å². The van der Waals surface area contributed by atoms with Crippen molar-refractivity contribution in [2.75, 3.05) is 5.32 Å². The number of amides is 1. The van der Waals surface area contributed by atoms with E-state index < -0.39 is 15.1 Å². The molecule has 0 spiro atoms. The summed E-state index contributed by atoms with van der Waals surface area (Å²) in [5.41, 5.74) is 3.86. The molecule has 0 aliphatic carbocycles. The van der Waals surface area contributed by atoms with E-state index in [1.54, 1.807) is 32.0 Å². The molecule has 26 heavy (non-hydrogen) atoms. The van der Waals surface area contributed by atoms with Crippen molar-refractivity contribution in [3.63, 3.8) is 0 Å². The molecule has 0 radical (unpaired) electrons. The molecule has 1 heterocycles. The Kier molecular flexibility index (Phi) is 4.86. The number of hydrogen-bond acceptors (Lipinski definition) is 5. The molecular weight excluding hydrogens is 368 g/mol. The predicted octanol–water partition coefficient (Wildman–Crippen LogP) is 4.35. The van der Waals surface area contributed by atoms with E-state index in [0.717, 1.165) is 27.2 Å². The highest BCUT2D eigenvalue weighted by molar-refractivity contribution is 7.94. The molecule has 2 aromatic carbocycles. The Bertz CT molecular complexity index is 1080. The van der Waals surface area contributed by atoms with Gasteiger partial charge in [0.2, 0.25) is 14.2 Å². The number of thiazole rings is 1. The van der Waals surface area contributed by atoms with E-state index in [1.807, 2.05) is 32.0 Å². The van der Waals surface area contributed by atoms with E-state index in [4.69, 9.17) is 0 Å². The average molecular weight is 389 g/mol. The molecule has 0 saturated heterocycles. The highest BCUT2D eigenvalue weighted by Gasteiger charge is 2.23. The predicted molar refractivity (Wildman–Crippen MR) is 106 cm³/mol. The van der Waals surface area contributed by atoms with Gasteiger partial charge in [-0.1, -0.05) is 17.2 Å². The van der Waals surface area contributed by atoms with Crippen molar-refractivity contribution in [3.8, 4) is 0 Å². The first-order chi connectivity index (χ1) is 12.2. The number of carbonyl (C=O) groups excluding carboxylic acids is 1. The number of fused-ring (bicyclic) bond motifs is 1. The number of aromatic nitrogens is 1. The van der Waals surface area contributed by atoms with Crippen LogP contribution in [0, 0.1) is 13.8 Å². The lowest BCUT2D eigenvalue weighted by atomic mass is 10.1. The summed E-state index contributed by atoms with van der Waals surface area (Å²) < 4.78 is 25.4. The van der Waals surface area contributed by atoms with Gasteiger partial charge in [0.1, 0.15) is 0 Å². The molecule has 0 atom stereocenters. The maximum absolute atomic E-state index is 12.5. The number of carbonyl (C=O) groups is 1. The van der Waals surface area contributed by atoms with E-state index in [0.29, 0.717) is 16.8 Å². The third-order valence-electron chi connectivity index (χ3n) is 3.97. The summed E-state index contributed by atoms with van der Waals surface area (Å²) in [5, 5.41) is 2.34. The van der Waals surface area contributed by atoms with Crippen LogP contribution in [-0.2, 0) is 9.84 Å². The lowest BCUT2D eigenvalue weighted by Crippen LogP contribution is -2.13. The van der Waals surface area contributed by atoms with Gasteiger partial charge >= 0.3 is 0 Å². The largest absolute Gasteiger partial charge is 0.322 e. The van der Waals surface area contributed by atoms with Crippen LogP contribution < -0.4 is 5.32 Å². The molecular formula is C19H20N2O3S2. The Morgan fingerprint density at radius 1 is 1.08 bits per heavy atom. The van der Waals surface area contributed by atoms with E-state index in [1.165, 1.54) is 0 Å². The Morgan fingerprint density at radius 2 is 1.73 bits per heavy atom. The fourth-order valence-electron chi connectivity index (χ4n) is 2.61. The van der Waals surface area contributed by atoms with Crippen molar-refractivity contribution in [2.45, 2.75) is 37.3 Å². The Morgan fingerprint density at radius 3 is 2.35 bits per heavy atom. The summed E-state index contributed by atoms with van der Waals surface area (Å²) >= 11 is 1.12. The summed E-state index contributed by atoms with van der Waals surface area (Å²) in [4.78, 5) is 16.7. The lowest BCUT2D eigenvalue weighted by Gasteiger charge is -2.07. The Labute approximate surface area is 157 Å². The minimum atomic E-state index is -3.41. The van der Waals surface area contributed by atoms with Crippen LogP contribution in [0.5, 0.6) is 0 Å². The lowest BCUT2D eigenvalue weighted by molar-refractivity contribution is 0.102. The first-order valence-electron chi connectivity index (χ1n) is 8.21. The van der Waals surface area contributed by atoms with Gasteiger partial charge in [0.15, 0.2) is 0 Å². The third kappa shape index (κ3) is 3.64. The van der Waals surface area contributed by atoms with E-state index in [2.05, 4.69) is 10.3 Å². The van der Waals surface area contributed by atoms with E-state index in [-0.39, 0.29) is 10.2 Å². The maximum Gasteiger partial charge on any atom is 0.255 e. The Hall–Kier alpha value is -2.25. The zero-order chi connectivity index (χ0) is 19.1. The molecule has 0 bridgehead atoms. The smallest absolute Gasteiger partial charge is 0.255 e. The summed E-state index contributed by atoms with van der Waals surface area (Å²) in [6.07, 6.45) is 0. The first-order valence-corrected chi connectivity index (χ1v) is 10.6. The van der Waals surface area contributed by atoms with Gasteiger partial charge in [-0.2, -0.15) is 0 Å². The molecule has 1 N–H and O–H groups in total. The molecule has 0 unspecified atom stereocenters. The second kappa shape index (κ2) is 6.81. The second-order valence-corrected chi connectivity index (χ2v) is 10.3. The fraction of sp³-hybridized carbons (Fsp3) is 0.263. The molecule has 0 aliphatic rings. The van der Waals surface area contributed by atoms with Crippen LogP contribution in [0.15, 0.2) is 40.7 Å². The first kappa shape index (κ1) is 18.5. The van der Waals surface area contributed by atoms with Gasteiger partial charge in [-0.15, -0.1) is 11.3 Å². The van der Waals surface area contributed by atoms with E-state index >= 15 is 0 Å². The van der Waals surface area contributed by atoms with Crippen LogP contribution in [-0.4, -0.2) is 24.6 Å². The SMILES string of the molecule is Cc1cc(C)cc(C(=O)Nc2ccc3nc(S(=O)(=O)C(C)C)sc3c2)c1. The summed E-state index contributed by atoms with van der Waals surface area (Å²) in [6.45, 7) is 7.17. The number of aryl methyl sites for hydroxylation is 2. The molecule has 0 aliphatic heterocycles. The molecule has 136 valence electrons. The van der Waals surface area contributed by atoms with Gasteiger partial charge < -0.3 is 5.32 Å². The number of rotatable bonds is 4. The van der Waals surface area contributed by atoms with Crippen molar-refractivity contribution >= 4 is 43.0 Å². The van der Waals surface area contributed by atoms with E-state index in [9.17, 15) is 13.2 Å². The highest BCUT2D eigenvalue weighted by Crippen LogP contribution is 2.30. The van der Waals surface area contributed by atoms with Gasteiger partial charge in [0, 0.05) is 11.3 Å². The van der Waals surface area contributed by atoms with Gasteiger partial charge in [-0.25, -0.2) is 13.4 Å². The highest BCUT2D eigenvalue weighted by atomic mass is 32.2. The molecule has 3 aromatic rings. The fourth-order valence-corrected chi connectivity index (χ4v) is 5.29. The topological polar surface area (TPSA) is 76.1 Å². The minimum absolute atomic E-state index is 0.111. The van der Waals surface area contributed by atoms with Crippen LogP contribution in [0.25, 0.3) is 10.2 Å². The maximum atomic E-state index is 12.5. The van der Waals surface area contributed by atoms with Crippen molar-refractivity contribution < 1.29 is 13.2 Å². The molecule has 1 aromatic heterocycles. The number of hydrogen-bond donors (Lipinski definition) is 1. The van der Waals surface area contributed by atoms with Gasteiger partial charge in [0.25, 0.3) is 5.91 Å². The quantitative estimate of drug-likeness (QED) is 0.721. The number of nitrogens with zero attached hydrogens (tertiary/aromatic N) is 1. The number of nitrogens with one attached hydrogen (secondary N) is 1. The van der Waals surface area contributed by atoms with Gasteiger partial charge in [-0.3, -0.25) is 4.79 Å². The summed E-state index contributed by atoms with van der Waals surface area (Å²) in [7, 11) is -3.41. The molecule has 7 heteroatoms. The molecule has 3 rings (SSSR count). The summed E-state index contributed by atoms with van der Waals surface area (Å²) in [6, 6.07) is 10.9. The summed E-state index contributed by atoms with van der Waals surface area (Å²) in [5.74, 6) is -0.198. The van der Waals surface area contributed by atoms with Crippen molar-refractivity contribution in [3.05, 3.63) is 53.1 Å². The van der Waals surface area contributed by atoms with Crippen LogP contribution >= 0.6 is 11.3 Å². The third-order valence-corrected chi connectivity index (χ3v) is 7.55.